The smallest absolute Gasteiger partial charge is 0.460 e. The number of alkyl halides is 17. The Morgan fingerprint density at radius 1 is 0.550 bits per heavy atom. The molecule has 0 aliphatic carbocycles. The van der Waals surface area contributed by atoms with Crippen molar-refractivity contribution in [1.82, 2.24) is 0 Å². The minimum atomic E-state index is -8.96. The van der Waals surface area contributed by atoms with Crippen molar-refractivity contribution < 1.29 is 92.9 Å². The molecule has 232 valence electrons. The molecule has 0 amide bonds. The van der Waals surface area contributed by atoms with Crippen LogP contribution in [0.2, 0.25) is 0 Å². The Balaban J connectivity index is 3.70. The molecule has 0 bridgehead atoms. The van der Waals surface area contributed by atoms with E-state index >= 15 is 0 Å². The van der Waals surface area contributed by atoms with Crippen LogP contribution in [-0.2, 0) is 0 Å². The molecule has 4 nitrogen and oxygen atoms in total. The fourth-order valence-corrected chi connectivity index (χ4v) is 2.42. The van der Waals surface area contributed by atoms with Gasteiger partial charge in [0.05, 0.1) is 18.5 Å². The van der Waals surface area contributed by atoms with Gasteiger partial charge in [0, 0.05) is 12.1 Å². The quantitative estimate of drug-likeness (QED) is 0.161. The molecule has 0 aliphatic rings. The summed E-state index contributed by atoms with van der Waals surface area (Å²) in [4.78, 5) is 0. The lowest BCUT2D eigenvalue weighted by atomic mass is 9.88. The van der Waals surface area contributed by atoms with Crippen molar-refractivity contribution in [2.45, 2.75) is 47.6 Å². The maximum atomic E-state index is 13.8. The predicted molar refractivity (Wildman–Crippen MR) is 92.4 cm³/mol. The van der Waals surface area contributed by atoms with Gasteiger partial charge >= 0.3 is 53.6 Å². The number of rotatable bonds is 10. The number of halogens is 19. The van der Waals surface area contributed by atoms with Crippen molar-refractivity contribution in [3.8, 4) is 11.5 Å². The molecule has 0 heterocycles. The van der Waals surface area contributed by atoms with Gasteiger partial charge in [0.2, 0.25) is 5.83 Å². The second-order valence-electron chi connectivity index (χ2n) is 7.34. The molecule has 0 radical (unpaired) electrons. The zero-order chi connectivity index (χ0) is 32.3. The van der Waals surface area contributed by atoms with Crippen LogP contribution >= 0.6 is 0 Å². The molecule has 0 saturated heterocycles. The SMILES string of the molecule is COc1cc(N)c(OC(F)=C(F)C(F)(F)C(F)(F)C(F)(F)C(F)(F)C(F)(F)C(F)(F)C(F)(F)C(F)(F)F)cc1N. The highest BCUT2D eigenvalue weighted by molar-refractivity contribution is 5.67. The van der Waals surface area contributed by atoms with E-state index in [0.29, 0.717) is 12.1 Å². The van der Waals surface area contributed by atoms with Crippen LogP contribution in [-0.4, -0.2) is 54.7 Å². The van der Waals surface area contributed by atoms with E-state index in [2.05, 4.69) is 9.47 Å². The number of methoxy groups -OCH3 is 1. The van der Waals surface area contributed by atoms with Crippen LogP contribution < -0.4 is 20.9 Å². The van der Waals surface area contributed by atoms with Crippen LogP contribution in [0.3, 0.4) is 0 Å². The third-order valence-electron chi connectivity index (χ3n) is 4.73. The highest BCUT2D eigenvalue weighted by Crippen LogP contribution is 2.64. The summed E-state index contributed by atoms with van der Waals surface area (Å²) in [7, 11) is 0.939. The Bertz CT molecular complexity index is 1140. The third-order valence-corrected chi connectivity index (χ3v) is 4.73. The summed E-state index contributed by atoms with van der Waals surface area (Å²) >= 11 is 0. The number of anilines is 2. The van der Waals surface area contributed by atoms with Gasteiger partial charge in [-0.2, -0.15) is 83.4 Å². The number of hydrogen-bond acceptors (Lipinski definition) is 4. The molecule has 0 saturated carbocycles. The normalized spacial score (nSPS) is 15.6. The topological polar surface area (TPSA) is 70.5 Å². The zero-order valence-corrected chi connectivity index (χ0v) is 18.3. The highest BCUT2D eigenvalue weighted by Gasteiger charge is 2.95. The van der Waals surface area contributed by atoms with E-state index in [1.165, 1.54) is 0 Å². The van der Waals surface area contributed by atoms with Crippen LogP contribution in [0.25, 0.3) is 0 Å². The minimum Gasteiger partial charge on any atom is -0.495 e. The van der Waals surface area contributed by atoms with Gasteiger partial charge in [0.15, 0.2) is 5.75 Å². The number of ether oxygens (including phenoxy) is 2. The summed E-state index contributed by atoms with van der Waals surface area (Å²) in [6, 6.07) is -2.86. The van der Waals surface area contributed by atoms with Gasteiger partial charge < -0.3 is 20.9 Å². The summed E-state index contributed by atoms with van der Waals surface area (Å²) in [5.74, 6) is -66.5. The van der Waals surface area contributed by atoms with Gasteiger partial charge in [-0.25, -0.2) is 0 Å². The molecule has 4 N–H and O–H groups in total. The summed E-state index contributed by atoms with van der Waals surface area (Å²) in [6.07, 6.45) is -7.93. The van der Waals surface area contributed by atoms with Crippen molar-refractivity contribution in [3.05, 3.63) is 24.0 Å². The van der Waals surface area contributed by atoms with Gasteiger partial charge in [0.25, 0.3) is 0 Å². The fraction of sp³-hybridized carbons (Fsp3) is 0.529. The minimum absolute atomic E-state index is 0.295. The van der Waals surface area contributed by atoms with Crippen LogP contribution in [0.5, 0.6) is 11.5 Å². The van der Waals surface area contributed by atoms with E-state index in [0.717, 1.165) is 7.11 Å². The maximum Gasteiger partial charge on any atom is 0.460 e. The zero-order valence-electron chi connectivity index (χ0n) is 18.3. The van der Waals surface area contributed by atoms with Gasteiger partial charge in [-0.1, -0.05) is 0 Å². The van der Waals surface area contributed by atoms with Crippen molar-refractivity contribution in [2.24, 2.45) is 0 Å². The van der Waals surface area contributed by atoms with Crippen LogP contribution in [0.4, 0.5) is 94.8 Å². The summed E-state index contributed by atoms with van der Waals surface area (Å²) in [5, 5.41) is 0. The van der Waals surface area contributed by atoms with Crippen LogP contribution in [0.1, 0.15) is 0 Å². The van der Waals surface area contributed by atoms with Crippen molar-refractivity contribution >= 4 is 11.4 Å². The standard InChI is InChI=1S/C17H9F19N2O2/c1-39-6-2-5(38)7(3-4(6)37)40-9(19)8(18)10(20,21)11(22,23)12(24,25)13(26,27)14(28,29)15(30,31)16(32,33)17(34,35)36/h2-3H,37-38H2,1H3. The van der Waals surface area contributed by atoms with E-state index in [9.17, 15) is 83.4 Å². The molecular formula is C17H9F19N2O2. The lowest BCUT2D eigenvalue weighted by molar-refractivity contribution is -0.460. The molecule has 23 heteroatoms. The lowest BCUT2D eigenvalue weighted by Gasteiger charge is -2.42. The molecule has 0 unspecified atom stereocenters. The molecule has 0 spiro atoms. The second-order valence-corrected chi connectivity index (χ2v) is 7.34. The maximum absolute atomic E-state index is 13.8. The first-order valence-corrected chi connectivity index (χ1v) is 9.09. The number of allylic oxidation sites excluding steroid dienone is 1. The second kappa shape index (κ2) is 9.73. The first-order chi connectivity index (χ1) is 17.4. The lowest BCUT2D eigenvalue weighted by Crippen LogP contribution is -2.74. The summed E-state index contributed by atoms with van der Waals surface area (Å²) in [6.45, 7) is 0. The van der Waals surface area contributed by atoms with Gasteiger partial charge in [-0.05, 0) is 0 Å². The Morgan fingerprint density at radius 3 is 1.25 bits per heavy atom. The Morgan fingerprint density at radius 2 is 0.875 bits per heavy atom. The largest absolute Gasteiger partial charge is 0.495 e. The Labute approximate surface area is 207 Å². The van der Waals surface area contributed by atoms with Gasteiger partial charge in [-0.3, -0.25) is 0 Å². The van der Waals surface area contributed by atoms with Crippen LogP contribution in [0, 0.1) is 0 Å². The summed E-state index contributed by atoms with van der Waals surface area (Å²) in [5.41, 5.74) is 8.83. The van der Waals surface area contributed by atoms with E-state index in [-0.39, 0.29) is 5.75 Å². The van der Waals surface area contributed by atoms with Crippen molar-refractivity contribution in [2.75, 3.05) is 18.6 Å². The highest BCUT2D eigenvalue weighted by atomic mass is 19.4. The molecule has 0 atom stereocenters. The molecule has 0 fully saturated rings. The fourth-order valence-electron chi connectivity index (χ4n) is 2.42. The van der Waals surface area contributed by atoms with Crippen molar-refractivity contribution in [3.63, 3.8) is 0 Å². The first-order valence-electron chi connectivity index (χ1n) is 9.09. The Kier molecular flexibility index (Phi) is 8.48. The number of nitrogens with two attached hydrogens (primary N) is 2. The number of benzene rings is 1. The Hall–Kier alpha value is -3.17. The molecule has 0 aromatic heterocycles. The van der Waals surface area contributed by atoms with E-state index < -0.39 is 76.6 Å². The predicted octanol–water partition coefficient (Wildman–Crippen LogP) is 7.36. The van der Waals surface area contributed by atoms with E-state index in [1.807, 2.05) is 0 Å². The number of hydrogen-bond donors (Lipinski definition) is 2. The van der Waals surface area contributed by atoms with E-state index in [1.54, 1.807) is 0 Å². The first kappa shape index (κ1) is 34.9. The molecule has 40 heavy (non-hydrogen) atoms. The van der Waals surface area contributed by atoms with Crippen molar-refractivity contribution in [1.29, 1.82) is 0 Å². The molecule has 0 aliphatic heterocycles. The summed E-state index contributed by atoms with van der Waals surface area (Å²) < 4.78 is 261. The monoisotopic (exact) mass is 634 g/mol. The third kappa shape index (κ3) is 4.73. The molecule has 1 aromatic rings. The number of nitrogen functional groups attached to an aromatic ring is 2. The average Bonchev–Trinajstić information content (AvgIpc) is 2.78. The van der Waals surface area contributed by atoms with Crippen LogP contribution in [0.15, 0.2) is 24.0 Å². The molecule has 1 aromatic carbocycles. The average molecular weight is 634 g/mol. The van der Waals surface area contributed by atoms with Gasteiger partial charge in [-0.15, -0.1) is 0 Å². The van der Waals surface area contributed by atoms with E-state index in [4.69, 9.17) is 11.5 Å². The molecular weight excluding hydrogens is 625 g/mol. The molecule has 1 rings (SSSR count). The van der Waals surface area contributed by atoms with Gasteiger partial charge in [0.1, 0.15) is 5.75 Å².